The second-order valence-corrected chi connectivity index (χ2v) is 3.63. The molecule has 1 heterocycles. The van der Waals surface area contributed by atoms with Gasteiger partial charge in [0.1, 0.15) is 24.1 Å². The molecule has 2 rings (SSSR count). The number of rotatable bonds is 2. The van der Waals surface area contributed by atoms with Crippen molar-refractivity contribution < 1.29 is 13.9 Å². The van der Waals surface area contributed by atoms with Crippen molar-refractivity contribution in [2.75, 3.05) is 0 Å². The van der Waals surface area contributed by atoms with Crippen molar-refractivity contribution in [3.63, 3.8) is 0 Å². The number of aliphatic hydroxyl groups excluding tert-OH is 1. The zero-order valence-corrected chi connectivity index (χ0v) is 9.06. The summed E-state index contributed by atoms with van der Waals surface area (Å²) in [6.45, 7) is 1.50. The first-order valence-corrected chi connectivity index (χ1v) is 4.99. The summed E-state index contributed by atoms with van der Waals surface area (Å²) >= 11 is 0. The Hall–Kier alpha value is -1.88. The number of aromatic nitrogens is 2. The van der Waals surface area contributed by atoms with Gasteiger partial charge >= 0.3 is 0 Å². The van der Waals surface area contributed by atoms with Crippen LogP contribution in [0.5, 0.6) is 0 Å². The molecule has 0 fully saturated rings. The molecule has 0 aliphatic heterocycles. The second kappa shape index (κ2) is 4.55. The average molecular weight is 236 g/mol. The van der Waals surface area contributed by atoms with Crippen molar-refractivity contribution in [1.29, 1.82) is 0 Å². The molecule has 88 valence electrons. The molecular weight excluding hydrogens is 226 g/mol. The van der Waals surface area contributed by atoms with Crippen LogP contribution in [0, 0.1) is 18.6 Å². The quantitative estimate of drug-likeness (QED) is 0.868. The highest BCUT2D eigenvalue weighted by Crippen LogP contribution is 2.26. The molecule has 1 unspecified atom stereocenters. The third kappa shape index (κ3) is 2.14. The van der Waals surface area contributed by atoms with Crippen molar-refractivity contribution in [3.05, 3.63) is 59.2 Å². The lowest BCUT2D eigenvalue weighted by Gasteiger charge is -2.13. The van der Waals surface area contributed by atoms with E-state index in [1.54, 1.807) is 0 Å². The molecule has 1 N–H and O–H groups in total. The van der Waals surface area contributed by atoms with Crippen molar-refractivity contribution in [1.82, 2.24) is 9.97 Å². The minimum atomic E-state index is -1.43. The highest BCUT2D eigenvalue weighted by Gasteiger charge is 2.21. The van der Waals surface area contributed by atoms with E-state index in [9.17, 15) is 13.9 Å². The Morgan fingerprint density at radius 3 is 2.65 bits per heavy atom. The van der Waals surface area contributed by atoms with Crippen LogP contribution in [0.2, 0.25) is 0 Å². The summed E-state index contributed by atoms with van der Waals surface area (Å²) in [5.74, 6) is -1.55. The number of halogens is 2. The van der Waals surface area contributed by atoms with E-state index in [1.165, 1.54) is 31.6 Å². The van der Waals surface area contributed by atoms with Crippen molar-refractivity contribution in [3.8, 4) is 0 Å². The molecule has 0 bridgehead atoms. The Morgan fingerprint density at radius 1 is 1.24 bits per heavy atom. The molecular formula is C12H10F2N2O. The van der Waals surface area contributed by atoms with Crippen LogP contribution in [0.1, 0.15) is 22.9 Å². The molecule has 0 saturated heterocycles. The van der Waals surface area contributed by atoms with E-state index >= 15 is 0 Å². The van der Waals surface area contributed by atoms with Crippen molar-refractivity contribution >= 4 is 0 Å². The molecule has 3 nitrogen and oxygen atoms in total. The van der Waals surface area contributed by atoms with Crippen LogP contribution in [0.25, 0.3) is 0 Å². The fourth-order valence-corrected chi connectivity index (χ4v) is 1.54. The summed E-state index contributed by atoms with van der Waals surface area (Å²) in [5, 5.41) is 9.91. The van der Waals surface area contributed by atoms with Gasteiger partial charge in [0, 0.05) is 6.20 Å². The monoisotopic (exact) mass is 236 g/mol. The highest BCUT2D eigenvalue weighted by molar-refractivity contribution is 5.32. The standard InChI is InChI=1S/C12H10F2N2O/c1-7-2-3-8(13)10(11(7)14)12(17)9-4-5-15-6-16-9/h2-6,12,17H,1H3. The van der Waals surface area contributed by atoms with Gasteiger partial charge in [-0.1, -0.05) is 6.07 Å². The second-order valence-electron chi connectivity index (χ2n) is 3.63. The largest absolute Gasteiger partial charge is 0.382 e. The molecule has 0 aliphatic carbocycles. The van der Waals surface area contributed by atoms with Crippen LogP contribution in [0.3, 0.4) is 0 Å². The molecule has 0 amide bonds. The van der Waals surface area contributed by atoms with E-state index in [1.807, 2.05) is 0 Å². The predicted octanol–water partition coefficient (Wildman–Crippen LogP) is 2.14. The summed E-state index contributed by atoms with van der Waals surface area (Å²) < 4.78 is 27.3. The van der Waals surface area contributed by atoms with E-state index in [0.29, 0.717) is 0 Å². The topological polar surface area (TPSA) is 46.0 Å². The number of aryl methyl sites for hydroxylation is 1. The molecule has 1 aromatic heterocycles. The maximum absolute atomic E-state index is 13.8. The molecule has 2 aromatic rings. The molecule has 0 spiro atoms. The van der Waals surface area contributed by atoms with Gasteiger partial charge in [0.15, 0.2) is 0 Å². The minimum Gasteiger partial charge on any atom is -0.382 e. The van der Waals surface area contributed by atoms with Crippen molar-refractivity contribution in [2.24, 2.45) is 0 Å². The Balaban J connectivity index is 2.51. The van der Waals surface area contributed by atoms with E-state index in [2.05, 4.69) is 9.97 Å². The Bertz CT molecular complexity index is 532. The summed E-state index contributed by atoms with van der Waals surface area (Å²) in [6.07, 6.45) is 1.18. The predicted molar refractivity (Wildman–Crippen MR) is 57.2 cm³/mol. The molecule has 1 aromatic carbocycles. The van der Waals surface area contributed by atoms with Gasteiger partial charge in [0.2, 0.25) is 0 Å². The zero-order chi connectivity index (χ0) is 12.4. The van der Waals surface area contributed by atoms with Gasteiger partial charge in [-0.25, -0.2) is 18.7 Å². The Kier molecular flexibility index (Phi) is 3.10. The number of hydrogen-bond donors (Lipinski definition) is 1. The smallest absolute Gasteiger partial charge is 0.135 e. The van der Waals surface area contributed by atoms with Gasteiger partial charge in [0.25, 0.3) is 0 Å². The first kappa shape index (κ1) is 11.6. The van der Waals surface area contributed by atoms with Crippen LogP contribution < -0.4 is 0 Å². The van der Waals surface area contributed by atoms with E-state index in [4.69, 9.17) is 0 Å². The Morgan fingerprint density at radius 2 is 2.00 bits per heavy atom. The fraction of sp³-hybridized carbons (Fsp3) is 0.167. The summed E-state index contributed by atoms with van der Waals surface area (Å²) in [7, 11) is 0. The van der Waals surface area contributed by atoms with Gasteiger partial charge in [-0.3, -0.25) is 0 Å². The number of aliphatic hydroxyl groups is 1. The van der Waals surface area contributed by atoms with Crippen LogP contribution in [0.15, 0.2) is 30.7 Å². The van der Waals surface area contributed by atoms with Gasteiger partial charge < -0.3 is 5.11 Å². The SMILES string of the molecule is Cc1ccc(F)c(C(O)c2ccncn2)c1F. The van der Waals surface area contributed by atoms with Gasteiger partial charge in [-0.05, 0) is 24.6 Å². The van der Waals surface area contributed by atoms with Gasteiger partial charge in [-0.2, -0.15) is 0 Å². The third-order valence-corrected chi connectivity index (χ3v) is 2.48. The number of hydrogen-bond acceptors (Lipinski definition) is 3. The average Bonchev–Trinajstić information content (AvgIpc) is 2.35. The zero-order valence-electron chi connectivity index (χ0n) is 9.06. The van der Waals surface area contributed by atoms with E-state index in [-0.39, 0.29) is 16.8 Å². The van der Waals surface area contributed by atoms with Crippen LogP contribution in [-0.4, -0.2) is 15.1 Å². The lowest BCUT2D eigenvalue weighted by Crippen LogP contribution is -2.08. The lowest BCUT2D eigenvalue weighted by atomic mass is 10.0. The number of nitrogens with zero attached hydrogens (tertiary/aromatic N) is 2. The lowest BCUT2D eigenvalue weighted by molar-refractivity contribution is 0.204. The summed E-state index contributed by atoms with van der Waals surface area (Å²) in [4.78, 5) is 7.45. The third-order valence-electron chi connectivity index (χ3n) is 2.48. The van der Waals surface area contributed by atoms with Crippen LogP contribution in [-0.2, 0) is 0 Å². The van der Waals surface area contributed by atoms with E-state index < -0.39 is 17.7 Å². The number of benzene rings is 1. The first-order chi connectivity index (χ1) is 8.11. The molecule has 17 heavy (non-hydrogen) atoms. The normalized spacial score (nSPS) is 12.5. The fourth-order valence-electron chi connectivity index (χ4n) is 1.54. The summed E-state index contributed by atoms with van der Waals surface area (Å²) in [6, 6.07) is 3.85. The highest BCUT2D eigenvalue weighted by atomic mass is 19.1. The minimum absolute atomic E-state index is 0.156. The van der Waals surface area contributed by atoms with Gasteiger partial charge in [0.05, 0.1) is 11.3 Å². The molecule has 0 saturated carbocycles. The first-order valence-electron chi connectivity index (χ1n) is 4.99. The molecule has 5 heteroatoms. The molecule has 1 atom stereocenters. The van der Waals surface area contributed by atoms with Crippen molar-refractivity contribution in [2.45, 2.75) is 13.0 Å². The maximum Gasteiger partial charge on any atom is 0.135 e. The summed E-state index contributed by atoms with van der Waals surface area (Å²) in [5.41, 5.74) is 0.0432. The molecule has 0 radical (unpaired) electrons. The van der Waals surface area contributed by atoms with Gasteiger partial charge in [-0.15, -0.1) is 0 Å². The Labute approximate surface area is 96.8 Å². The van der Waals surface area contributed by atoms with E-state index in [0.717, 1.165) is 6.07 Å². The van der Waals surface area contributed by atoms with Crippen LogP contribution >= 0.6 is 0 Å². The maximum atomic E-state index is 13.8. The molecule has 0 aliphatic rings. The van der Waals surface area contributed by atoms with Crippen LogP contribution in [0.4, 0.5) is 8.78 Å².